The van der Waals surface area contributed by atoms with E-state index in [4.69, 9.17) is 11.5 Å². The zero-order chi connectivity index (χ0) is 8.36. The number of hydrogen-bond acceptors (Lipinski definition) is 2. The van der Waals surface area contributed by atoms with Crippen LogP contribution in [0.5, 0.6) is 0 Å². The Morgan fingerprint density at radius 1 is 0.909 bits per heavy atom. The summed E-state index contributed by atoms with van der Waals surface area (Å²) >= 11 is 0. The molecule has 0 aliphatic carbocycles. The molecule has 0 radical (unpaired) electrons. The molecule has 0 bridgehead atoms. The second-order valence-corrected chi connectivity index (χ2v) is 2.77. The summed E-state index contributed by atoms with van der Waals surface area (Å²) in [6, 6.07) is 0. The van der Waals surface area contributed by atoms with Gasteiger partial charge in [-0.05, 0) is 32.0 Å². The van der Waals surface area contributed by atoms with E-state index in [1.165, 1.54) is 32.1 Å². The lowest BCUT2D eigenvalue weighted by atomic mass is 10.1. The van der Waals surface area contributed by atoms with Gasteiger partial charge in [-0.2, -0.15) is 0 Å². The van der Waals surface area contributed by atoms with Gasteiger partial charge in [0.25, 0.3) is 0 Å². The third-order valence-electron chi connectivity index (χ3n) is 1.71. The number of rotatable bonds is 7. The molecular weight excluding hydrogens is 136 g/mol. The minimum Gasteiger partial charge on any atom is -0.405 e. The molecule has 0 spiro atoms. The molecule has 0 aliphatic rings. The molecule has 0 fully saturated rings. The maximum atomic E-state index is 5.36. The maximum absolute atomic E-state index is 5.36. The molecule has 0 aromatic carbocycles. The zero-order valence-corrected chi connectivity index (χ0v) is 7.26. The summed E-state index contributed by atoms with van der Waals surface area (Å²) < 4.78 is 0. The van der Waals surface area contributed by atoms with Crippen molar-refractivity contribution in [3.8, 4) is 0 Å². The van der Waals surface area contributed by atoms with Crippen LogP contribution in [-0.2, 0) is 0 Å². The molecule has 11 heavy (non-hydrogen) atoms. The van der Waals surface area contributed by atoms with Crippen LogP contribution in [0.1, 0.15) is 38.5 Å². The van der Waals surface area contributed by atoms with Crippen LogP contribution in [0.25, 0.3) is 0 Å². The lowest BCUT2D eigenvalue weighted by Gasteiger charge is -1.96. The van der Waals surface area contributed by atoms with Gasteiger partial charge in [0.2, 0.25) is 0 Å². The molecule has 0 amide bonds. The van der Waals surface area contributed by atoms with Crippen LogP contribution in [0.2, 0.25) is 0 Å². The third kappa shape index (κ3) is 9.50. The van der Waals surface area contributed by atoms with Gasteiger partial charge in [-0.3, -0.25) is 0 Å². The topological polar surface area (TPSA) is 52.0 Å². The van der Waals surface area contributed by atoms with E-state index < -0.39 is 0 Å². The van der Waals surface area contributed by atoms with Crippen molar-refractivity contribution in [3.63, 3.8) is 0 Å². The average Bonchev–Trinajstić information content (AvgIpc) is 2.03. The van der Waals surface area contributed by atoms with Crippen LogP contribution in [0.4, 0.5) is 0 Å². The van der Waals surface area contributed by atoms with Crippen molar-refractivity contribution in [2.75, 3.05) is 6.54 Å². The van der Waals surface area contributed by atoms with Crippen LogP contribution < -0.4 is 11.5 Å². The van der Waals surface area contributed by atoms with Gasteiger partial charge in [0.15, 0.2) is 0 Å². The Bertz CT molecular complexity index is 89.6. The quantitative estimate of drug-likeness (QED) is 0.552. The van der Waals surface area contributed by atoms with Gasteiger partial charge in [0.05, 0.1) is 0 Å². The van der Waals surface area contributed by atoms with E-state index in [0.717, 1.165) is 13.0 Å². The molecule has 0 aliphatic heterocycles. The molecule has 66 valence electrons. The average molecular weight is 156 g/mol. The first-order valence-corrected chi connectivity index (χ1v) is 4.48. The summed E-state index contributed by atoms with van der Waals surface area (Å²) in [7, 11) is 0. The first-order chi connectivity index (χ1) is 5.41. The van der Waals surface area contributed by atoms with Crippen molar-refractivity contribution >= 4 is 0 Å². The van der Waals surface area contributed by atoms with E-state index in [-0.39, 0.29) is 0 Å². The summed E-state index contributed by atoms with van der Waals surface area (Å²) in [6.07, 6.45) is 11.1. The summed E-state index contributed by atoms with van der Waals surface area (Å²) in [5.41, 5.74) is 10.6. The summed E-state index contributed by atoms with van der Waals surface area (Å²) in [4.78, 5) is 0. The summed E-state index contributed by atoms with van der Waals surface area (Å²) in [6.45, 7) is 0.836. The summed E-state index contributed by atoms with van der Waals surface area (Å²) in [5, 5.41) is 0. The van der Waals surface area contributed by atoms with E-state index in [1.54, 1.807) is 6.20 Å². The molecule has 2 nitrogen and oxygen atoms in total. The minimum absolute atomic E-state index is 0.836. The molecule has 0 aromatic rings. The van der Waals surface area contributed by atoms with Gasteiger partial charge in [0, 0.05) is 0 Å². The SMILES string of the molecule is N/C=C/CCCCCCCN. The van der Waals surface area contributed by atoms with Gasteiger partial charge in [-0.1, -0.05) is 25.3 Å². The van der Waals surface area contributed by atoms with Crippen molar-refractivity contribution in [3.05, 3.63) is 12.3 Å². The van der Waals surface area contributed by atoms with Crippen LogP contribution in [0.3, 0.4) is 0 Å². The normalized spacial score (nSPS) is 11.0. The van der Waals surface area contributed by atoms with Gasteiger partial charge in [-0.15, -0.1) is 0 Å². The van der Waals surface area contributed by atoms with Gasteiger partial charge in [-0.25, -0.2) is 0 Å². The Kier molecular flexibility index (Phi) is 9.07. The van der Waals surface area contributed by atoms with Crippen molar-refractivity contribution in [2.45, 2.75) is 38.5 Å². The fourth-order valence-electron chi connectivity index (χ4n) is 1.03. The van der Waals surface area contributed by atoms with E-state index in [1.807, 2.05) is 6.08 Å². The van der Waals surface area contributed by atoms with E-state index >= 15 is 0 Å². The highest BCUT2D eigenvalue weighted by atomic mass is 14.5. The van der Waals surface area contributed by atoms with Gasteiger partial charge < -0.3 is 11.5 Å². The monoisotopic (exact) mass is 156 g/mol. The molecule has 2 heteroatoms. The standard InChI is InChI=1S/C9H20N2/c10-8-6-4-2-1-3-5-7-9-11/h6,8H,1-5,7,9-11H2/b8-6+. The molecule has 0 saturated carbocycles. The molecule has 0 aromatic heterocycles. The Balaban J connectivity index is 2.79. The molecule has 0 unspecified atom stereocenters. The van der Waals surface area contributed by atoms with Crippen LogP contribution in [-0.4, -0.2) is 6.54 Å². The fraction of sp³-hybridized carbons (Fsp3) is 0.778. The predicted octanol–water partition coefficient (Wildman–Crippen LogP) is 1.76. The smallest absolute Gasteiger partial charge is 0.00773 e. The third-order valence-corrected chi connectivity index (χ3v) is 1.71. The van der Waals surface area contributed by atoms with Gasteiger partial charge in [0.1, 0.15) is 0 Å². The van der Waals surface area contributed by atoms with Crippen molar-refractivity contribution in [2.24, 2.45) is 11.5 Å². The molecule has 0 saturated heterocycles. The van der Waals surface area contributed by atoms with Crippen LogP contribution >= 0.6 is 0 Å². The Labute approximate surface area is 69.6 Å². The largest absolute Gasteiger partial charge is 0.405 e. The number of allylic oxidation sites excluding steroid dienone is 1. The minimum atomic E-state index is 0.836. The first-order valence-electron chi connectivity index (χ1n) is 4.48. The molecule has 0 heterocycles. The second kappa shape index (κ2) is 9.50. The van der Waals surface area contributed by atoms with Gasteiger partial charge >= 0.3 is 0 Å². The van der Waals surface area contributed by atoms with Crippen molar-refractivity contribution in [1.29, 1.82) is 0 Å². The molecular formula is C9H20N2. The number of nitrogens with two attached hydrogens (primary N) is 2. The highest BCUT2D eigenvalue weighted by Gasteiger charge is 1.87. The second-order valence-electron chi connectivity index (χ2n) is 2.77. The maximum Gasteiger partial charge on any atom is -0.00773 e. The molecule has 0 rings (SSSR count). The van der Waals surface area contributed by atoms with E-state index in [9.17, 15) is 0 Å². The van der Waals surface area contributed by atoms with Crippen LogP contribution in [0, 0.1) is 0 Å². The first kappa shape index (κ1) is 10.5. The Morgan fingerprint density at radius 2 is 1.55 bits per heavy atom. The highest BCUT2D eigenvalue weighted by Crippen LogP contribution is 2.04. The Morgan fingerprint density at radius 3 is 2.18 bits per heavy atom. The fourth-order valence-corrected chi connectivity index (χ4v) is 1.03. The van der Waals surface area contributed by atoms with Crippen molar-refractivity contribution in [1.82, 2.24) is 0 Å². The van der Waals surface area contributed by atoms with E-state index in [2.05, 4.69) is 0 Å². The number of unbranched alkanes of at least 4 members (excludes halogenated alkanes) is 5. The van der Waals surface area contributed by atoms with Crippen LogP contribution in [0.15, 0.2) is 12.3 Å². The van der Waals surface area contributed by atoms with Crippen molar-refractivity contribution < 1.29 is 0 Å². The lowest BCUT2D eigenvalue weighted by molar-refractivity contribution is 0.622. The Hall–Kier alpha value is -0.500. The van der Waals surface area contributed by atoms with E-state index in [0.29, 0.717) is 0 Å². The molecule has 0 atom stereocenters. The summed E-state index contributed by atoms with van der Waals surface area (Å²) in [5.74, 6) is 0. The number of hydrogen-bond donors (Lipinski definition) is 2. The predicted molar refractivity (Wildman–Crippen MR) is 50.1 cm³/mol. The lowest BCUT2D eigenvalue weighted by Crippen LogP contribution is -1.97. The highest BCUT2D eigenvalue weighted by molar-refractivity contribution is 4.74. The zero-order valence-electron chi connectivity index (χ0n) is 7.26. The molecule has 4 N–H and O–H groups in total.